The molecule has 0 atom stereocenters. The fourth-order valence-corrected chi connectivity index (χ4v) is 3.93. The number of hydrogen-bond donors (Lipinski definition) is 0. The highest BCUT2D eigenvalue weighted by Crippen LogP contribution is 2.31. The zero-order chi connectivity index (χ0) is 14.3. The average molecular weight is 293 g/mol. The van der Waals surface area contributed by atoms with E-state index in [1.807, 2.05) is 13.1 Å². The number of nitrogens with zero attached hydrogens (tertiary/aromatic N) is 3. The first-order chi connectivity index (χ1) is 9.47. The first-order valence-electron chi connectivity index (χ1n) is 6.82. The predicted molar refractivity (Wildman–Crippen MR) is 79.1 cm³/mol. The molecule has 0 saturated carbocycles. The molecule has 0 amide bonds. The summed E-state index contributed by atoms with van der Waals surface area (Å²) in [6, 6.07) is 6.19. The van der Waals surface area contributed by atoms with Gasteiger partial charge in [-0.15, -0.1) is 0 Å². The van der Waals surface area contributed by atoms with Gasteiger partial charge in [0, 0.05) is 43.3 Å². The summed E-state index contributed by atoms with van der Waals surface area (Å²) in [7, 11) is -1.02. The number of sulfonamides is 1. The van der Waals surface area contributed by atoms with Gasteiger partial charge in [0.25, 0.3) is 0 Å². The minimum atomic E-state index is -3.05. The largest absolute Gasteiger partial charge is 0.332 e. The molecule has 2 aromatic rings. The van der Waals surface area contributed by atoms with E-state index in [1.54, 1.807) is 10.5 Å². The Kier molecular flexibility index (Phi) is 3.30. The Hall–Kier alpha value is -1.40. The summed E-state index contributed by atoms with van der Waals surface area (Å²) in [5.41, 5.74) is 2.25. The van der Waals surface area contributed by atoms with Crippen LogP contribution in [-0.2, 0) is 17.1 Å². The van der Waals surface area contributed by atoms with Crippen LogP contribution >= 0.6 is 0 Å². The second-order valence-corrected chi connectivity index (χ2v) is 7.46. The lowest BCUT2D eigenvalue weighted by Crippen LogP contribution is -2.37. The normalized spacial score (nSPS) is 18.7. The van der Waals surface area contributed by atoms with Gasteiger partial charge >= 0.3 is 0 Å². The summed E-state index contributed by atoms with van der Waals surface area (Å²) in [5.74, 6) is 0.409. The smallest absolute Gasteiger partial charge is 0.211 e. The maximum absolute atomic E-state index is 11.5. The molecule has 1 aliphatic heterocycles. The fraction of sp³-hybridized carbons (Fsp3) is 0.500. The highest BCUT2D eigenvalue weighted by molar-refractivity contribution is 7.88. The lowest BCUT2D eigenvalue weighted by atomic mass is 9.94. The molecule has 3 heterocycles. The third-order valence-electron chi connectivity index (χ3n) is 4.17. The molecule has 1 fully saturated rings. The number of piperidine rings is 1. The highest BCUT2D eigenvalue weighted by Gasteiger charge is 2.27. The van der Waals surface area contributed by atoms with E-state index >= 15 is 0 Å². The van der Waals surface area contributed by atoms with Crippen molar-refractivity contribution in [2.24, 2.45) is 7.05 Å². The summed E-state index contributed by atoms with van der Waals surface area (Å²) in [4.78, 5) is 4.41. The molecule has 0 aliphatic carbocycles. The third kappa shape index (κ3) is 2.33. The van der Waals surface area contributed by atoms with Gasteiger partial charge in [-0.2, -0.15) is 0 Å². The summed E-state index contributed by atoms with van der Waals surface area (Å²) in [5, 5.41) is 1.15. The molecule has 0 spiro atoms. The van der Waals surface area contributed by atoms with E-state index in [0.29, 0.717) is 19.0 Å². The van der Waals surface area contributed by atoms with Gasteiger partial charge in [-0.1, -0.05) is 0 Å². The van der Waals surface area contributed by atoms with Crippen LogP contribution < -0.4 is 0 Å². The minimum Gasteiger partial charge on any atom is -0.332 e. The van der Waals surface area contributed by atoms with Crippen LogP contribution in [0.25, 0.3) is 11.0 Å². The van der Waals surface area contributed by atoms with Gasteiger partial charge in [0.1, 0.15) is 5.65 Å². The van der Waals surface area contributed by atoms with Crippen molar-refractivity contribution in [2.45, 2.75) is 18.8 Å². The quantitative estimate of drug-likeness (QED) is 0.847. The second-order valence-electron chi connectivity index (χ2n) is 5.48. The lowest BCUT2D eigenvalue weighted by Gasteiger charge is -2.30. The van der Waals surface area contributed by atoms with Crippen molar-refractivity contribution in [3.8, 4) is 0 Å². The second kappa shape index (κ2) is 4.86. The van der Waals surface area contributed by atoms with Gasteiger partial charge < -0.3 is 4.57 Å². The van der Waals surface area contributed by atoms with Crippen molar-refractivity contribution in [1.82, 2.24) is 13.9 Å². The molecule has 0 bridgehead atoms. The highest BCUT2D eigenvalue weighted by atomic mass is 32.2. The fourth-order valence-electron chi connectivity index (χ4n) is 3.06. The Morgan fingerprint density at radius 1 is 1.30 bits per heavy atom. The monoisotopic (exact) mass is 293 g/mol. The standard InChI is InChI=1S/C14H19N3O2S/c1-16-13(10-12-4-3-7-15-14(12)16)11-5-8-17(9-6-11)20(2,18)19/h3-4,7,10-11H,5-6,8-9H2,1-2H3. The maximum atomic E-state index is 11.5. The molecular weight excluding hydrogens is 274 g/mol. The zero-order valence-electron chi connectivity index (χ0n) is 11.8. The van der Waals surface area contributed by atoms with E-state index in [-0.39, 0.29) is 0 Å². The Balaban J connectivity index is 1.85. The van der Waals surface area contributed by atoms with Crippen molar-refractivity contribution in [1.29, 1.82) is 0 Å². The molecule has 0 N–H and O–H groups in total. The molecule has 0 radical (unpaired) electrons. The van der Waals surface area contributed by atoms with Gasteiger partial charge in [0.15, 0.2) is 0 Å². The number of pyridine rings is 1. The number of fused-ring (bicyclic) bond motifs is 1. The van der Waals surface area contributed by atoms with Crippen molar-refractivity contribution in [3.05, 3.63) is 30.1 Å². The molecule has 1 aliphatic rings. The van der Waals surface area contributed by atoms with Gasteiger partial charge in [-0.3, -0.25) is 0 Å². The molecule has 3 rings (SSSR count). The first kappa shape index (κ1) is 13.6. The molecular formula is C14H19N3O2S. The van der Waals surface area contributed by atoms with Crippen molar-refractivity contribution in [3.63, 3.8) is 0 Å². The summed E-state index contributed by atoms with van der Waals surface area (Å²) in [6.45, 7) is 1.22. The molecule has 0 unspecified atom stereocenters. The van der Waals surface area contributed by atoms with E-state index in [2.05, 4.69) is 21.7 Å². The molecule has 6 heteroatoms. The molecule has 0 aromatic carbocycles. The summed E-state index contributed by atoms with van der Waals surface area (Å²) < 4.78 is 26.8. The van der Waals surface area contributed by atoms with Gasteiger partial charge in [0.2, 0.25) is 10.0 Å². The van der Waals surface area contributed by atoms with Crippen molar-refractivity contribution < 1.29 is 8.42 Å². The van der Waals surface area contributed by atoms with Crippen LogP contribution in [0.5, 0.6) is 0 Å². The third-order valence-corrected chi connectivity index (χ3v) is 5.47. The van der Waals surface area contributed by atoms with E-state index in [0.717, 1.165) is 23.9 Å². The predicted octanol–water partition coefficient (Wildman–Crippen LogP) is 1.71. The van der Waals surface area contributed by atoms with Crippen LogP contribution in [0.15, 0.2) is 24.4 Å². The van der Waals surface area contributed by atoms with Crippen molar-refractivity contribution >= 4 is 21.1 Å². The van der Waals surface area contributed by atoms with Crippen LogP contribution in [0, 0.1) is 0 Å². The number of aromatic nitrogens is 2. The van der Waals surface area contributed by atoms with Crippen LogP contribution in [0.4, 0.5) is 0 Å². The minimum absolute atomic E-state index is 0.409. The van der Waals surface area contributed by atoms with Crippen LogP contribution in [0.2, 0.25) is 0 Å². The molecule has 108 valence electrons. The Morgan fingerprint density at radius 2 is 2.00 bits per heavy atom. The van der Waals surface area contributed by atoms with Gasteiger partial charge in [-0.05, 0) is 31.0 Å². The van der Waals surface area contributed by atoms with Gasteiger partial charge in [-0.25, -0.2) is 17.7 Å². The lowest BCUT2D eigenvalue weighted by molar-refractivity contribution is 0.316. The van der Waals surface area contributed by atoms with Crippen molar-refractivity contribution in [2.75, 3.05) is 19.3 Å². The van der Waals surface area contributed by atoms with E-state index in [1.165, 1.54) is 11.9 Å². The molecule has 20 heavy (non-hydrogen) atoms. The molecule has 2 aromatic heterocycles. The Morgan fingerprint density at radius 3 is 2.60 bits per heavy atom. The first-order valence-corrected chi connectivity index (χ1v) is 8.67. The number of aryl methyl sites for hydroxylation is 1. The van der Waals surface area contributed by atoms with Gasteiger partial charge in [0.05, 0.1) is 6.26 Å². The molecule has 1 saturated heterocycles. The van der Waals surface area contributed by atoms with Crippen LogP contribution in [-0.4, -0.2) is 41.6 Å². The zero-order valence-corrected chi connectivity index (χ0v) is 12.6. The van der Waals surface area contributed by atoms with Crippen LogP contribution in [0.3, 0.4) is 0 Å². The molecule has 5 nitrogen and oxygen atoms in total. The van der Waals surface area contributed by atoms with E-state index < -0.39 is 10.0 Å². The Labute approximate surface area is 119 Å². The summed E-state index contributed by atoms with van der Waals surface area (Å²) >= 11 is 0. The average Bonchev–Trinajstić information content (AvgIpc) is 2.76. The number of rotatable bonds is 2. The maximum Gasteiger partial charge on any atom is 0.211 e. The SMILES string of the molecule is Cn1c(C2CCN(S(C)(=O)=O)CC2)cc2cccnc21. The number of hydrogen-bond acceptors (Lipinski definition) is 3. The topological polar surface area (TPSA) is 55.2 Å². The Bertz CT molecular complexity index is 728. The summed E-state index contributed by atoms with van der Waals surface area (Å²) in [6.07, 6.45) is 4.83. The van der Waals surface area contributed by atoms with E-state index in [9.17, 15) is 8.42 Å². The van der Waals surface area contributed by atoms with E-state index in [4.69, 9.17) is 0 Å². The van der Waals surface area contributed by atoms with Crippen LogP contribution in [0.1, 0.15) is 24.5 Å².